The Hall–Kier alpha value is -1.10. The summed E-state index contributed by atoms with van der Waals surface area (Å²) in [6.07, 6.45) is 0. The van der Waals surface area contributed by atoms with Crippen molar-refractivity contribution in [3.8, 4) is 0 Å². The third-order valence-electron chi connectivity index (χ3n) is 3.03. The van der Waals surface area contributed by atoms with Crippen molar-refractivity contribution in [2.75, 3.05) is 11.9 Å². The van der Waals surface area contributed by atoms with Gasteiger partial charge < -0.3 is 11.1 Å². The van der Waals surface area contributed by atoms with Gasteiger partial charge in [-0.05, 0) is 58.2 Å². The van der Waals surface area contributed by atoms with Crippen LogP contribution >= 0.6 is 27.5 Å². The SMILES string of the molecule is Cc1ccc(Br)c(NC(CN)c2ccc(F)cc2Cl)c1. The maximum Gasteiger partial charge on any atom is 0.124 e. The second kappa shape index (κ2) is 6.57. The molecule has 0 aliphatic heterocycles. The van der Waals surface area contributed by atoms with Gasteiger partial charge in [-0.25, -0.2) is 4.39 Å². The molecule has 0 radical (unpaired) electrons. The molecule has 2 aromatic rings. The van der Waals surface area contributed by atoms with Crippen LogP contribution in [-0.4, -0.2) is 6.54 Å². The summed E-state index contributed by atoms with van der Waals surface area (Å²) in [6.45, 7) is 2.37. The van der Waals surface area contributed by atoms with Crippen molar-refractivity contribution in [1.82, 2.24) is 0 Å². The topological polar surface area (TPSA) is 38.0 Å². The van der Waals surface area contributed by atoms with Crippen LogP contribution in [0.25, 0.3) is 0 Å². The molecule has 1 unspecified atom stereocenters. The Balaban J connectivity index is 2.31. The molecule has 1 atom stereocenters. The van der Waals surface area contributed by atoms with E-state index in [2.05, 4.69) is 21.2 Å². The third kappa shape index (κ3) is 3.51. The van der Waals surface area contributed by atoms with Gasteiger partial charge >= 0.3 is 0 Å². The van der Waals surface area contributed by atoms with Crippen molar-refractivity contribution >= 4 is 33.2 Å². The highest BCUT2D eigenvalue weighted by molar-refractivity contribution is 9.10. The molecule has 0 saturated heterocycles. The maximum atomic E-state index is 13.1. The van der Waals surface area contributed by atoms with E-state index in [0.717, 1.165) is 21.3 Å². The molecule has 0 fully saturated rings. The molecule has 0 amide bonds. The molecule has 3 N–H and O–H groups in total. The highest BCUT2D eigenvalue weighted by atomic mass is 79.9. The van der Waals surface area contributed by atoms with E-state index in [0.29, 0.717) is 11.6 Å². The Bertz CT molecular complexity index is 619. The number of nitrogens with one attached hydrogen (secondary N) is 1. The van der Waals surface area contributed by atoms with Gasteiger partial charge in [0.2, 0.25) is 0 Å². The number of rotatable bonds is 4. The van der Waals surface area contributed by atoms with Crippen LogP contribution < -0.4 is 11.1 Å². The quantitative estimate of drug-likeness (QED) is 0.835. The summed E-state index contributed by atoms with van der Waals surface area (Å²) in [6, 6.07) is 10.2. The van der Waals surface area contributed by atoms with E-state index in [1.165, 1.54) is 12.1 Å². The fraction of sp³-hybridized carbons (Fsp3) is 0.200. The Labute approximate surface area is 131 Å². The molecule has 0 aliphatic rings. The average molecular weight is 358 g/mol. The fourth-order valence-electron chi connectivity index (χ4n) is 1.99. The van der Waals surface area contributed by atoms with E-state index >= 15 is 0 Å². The minimum atomic E-state index is -0.355. The van der Waals surface area contributed by atoms with Gasteiger partial charge in [-0.1, -0.05) is 23.7 Å². The summed E-state index contributed by atoms with van der Waals surface area (Å²) < 4.78 is 14.1. The van der Waals surface area contributed by atoms with Crippen molar-refractivity contribution in [1.29, 1.82) is 0 Å². The molecule has 2 nitrogen and oxygen atoms in total. The highest BCUT2D eigenvalue weighted by Crippen LogP contribution is 2.30. The van der Waals surface area contributed by atoms with Gasteiger partial charge in [0.05, 0.1) is 6.04 Å². The van der Waals surface area contributed by atoms with Crippen molar-refractivity contribution in [2.24, 2.45) is 5.73 Å². The third-order valence-corrected chi connectivity index (χ3v) is 4.04. The summed E-state index contributed by atoms with van der Waals surface area (Å²) in [7, 11) is 0. The summed E-state index contributed by atoms with van der Waals surface area (Å²) in [5.41, 5.74) is 8.67. The van der Waals surface area contributed by atoms with Crippen LogP contribution in [0.5, 0.6) is 0 Å². The first kappa shape index (κ1) is 15.3. The van der Waals surface area contributed by atoms with Gasteiger partial charge in [-0.3, -0.25) is 0 Å². The van der Waals surface area contributed by atoms with E-state index in [1.54, 1.807) is 6.07 Å². The summed E-state index contributed by atoms with van der Waals surface area (Å²) in [5, 5.41) is 3.71. The number of hydrogen-bond acceptors (Lipinski definition) is 2. The fourth-order valence-corrected chi connectivity index (χ4v) is 2.65. The lowest BCUT2D eigenvalue weighted by Crippen LogP contribution is -2.21. The smallest absolute Gasteiger partial charge is 0.124 e. The average Bonchev–Trinajstić information content (AvgIpc) is 2.40. The zero-order valence-corrected chi connectivity index (χ0v) is 13.3. The van der Waals surface area contributed by atoms with Crippen LogP contribution in [0.2, 0.25) is 5.02 Å². The summed E-state index contributed by atoms with van der Waals surface area (Å²) in [5.74, 6) is -0.355. The van der Waals surface area contributed by atoms with E-state index < -0.39 is 0 Å². The second-order valence-corrected chi connectivity index (χ2v) is 5.84. The molecule has 5 heteroatoms. The van der Waals surface area contributed by atoms with Gasteiger partial charge in [0.1, 0.15) is 5.82 Å². The number of benzene rings is 2. The molecule has 0 bridgehead atoms. The molecule has 0 spiro atoms. The van der Waals surface area contributed by atoms with Crippen LogP contribution in [-0.2, 0) is 0 Å². The first-order valence-electron chi connectivity index (χ1n) is 6.19. The summed E-state index contributed by atoms with van der Waals surface area (Å²) >= 11 is 9.59. The minimum Gasteiger partial charge on any atom is -0.376 e. The molecule has 2 rings (SSSR count). The standard InChI is InChI=1S/C15H15BrClFN2/c1-9-2-5-12(16)14(6-9)20-15(8-19)11-4-3-10(18)7-13(11)17/h2-7,15,20H,8,19H2,1H3. The monoisotopic (exact) mass is 356 g/mol. The Kier molecular flexibility index (Phi) is 5.02. The maximum absolute atomic E-state index is 13.1. The van der Waals surface area contributed by atoms with Crippen LogP contribution in [0.15, 0.2) is 40.9 Å². The lowest BCUT2D eigenvalue weighted by molar-refractivity contribution is 0.626. The van der Waals surface area contributed by atoms with Crippen LogP contribution in [0, 0.1) is 12.7 Å². The predicted octanol–water partition coefficient (Wildman–Crippen LogP) is 4.66. The minimum absolute atomic E-state index is 0.179. The largest absolute Gasteiger partial charge is 0.376 e. The summed E-state index contributed by atoms with van der Waals surface area (Å²) in [4.78, 5) is 0. The zero-order valence-electron chi connectivity index (χ0n) is 11.0. The molecular weight excluding hydrogens is 343 g/mol. The van der Waals surface area contributed by atoms with Gasteiger partial charge in [0.25, 0.3) is 0 Å². The van der Waals surface area contributed by atoms with E-state index in [9.17, 15) is 4.39 Å². The molecule has 20 heavy (non-hydrogen) atoms. The van der Waals surface area contributed by atoms with Crippen LogP contribution in [0.4, 0.5) is 10.1 Å². The Morgan fingerprint density at radius 2 is 2.05 bits per heavy atom. The molecule has 106 valence electrons. The molecule has 0 saturated carbocycles. The number of halogens is 3. The lowest BCUT2D eigenvalue weighted by Gasteiger charge is -2.21. The predicted molar refractivity (Wildman–Crippen MR) is 85.7 cm³/mol. The van der Waals surface area contributed by atoms with Gasteiger partial charge in [0, 0.05) is 21.7 Å². The first-order valence-corrected chi connectivity index (χ1v) is 7.36. The highest BCUT2D eigenvalue weighted by Gasteiger charge is 2.15. The molecule has 0 aromatic heterocycles. The van der Waals surface area contributed by atoms with E-state index in [4.69, 9.17) is 17.3 Å². The van der Waals surface area contributed by atoms with E-state index in [1.807, 2.05) is 25.1 Å². The zero-order chi connectivity index (χ0) is 14.7. The van der Waals surface area contributed by atoms with Crippen LogP contribution in [0.1, 0.15) is 17.2 Å². The van der Waals surface area contributed by atoms with Gasteiger partial charge in [0.15, 0.2) is 0 Å². The van der Waals surface area contributed by atoms with E-state index in [-0.39, 0.29) is 11.9 Å². The Morgan fingerprint density at radius 3 is 2.70 bits per heavy atom. The molecule has 2 aromatic carbocycles. The number of aryl methyl sites for hydroxylation is 1. The van der Waals surface area contributed by atoms with Crippen molar-refractivity contribution in [3.05, 3.63) is 62.8 Å². The van der Waals surface area contributed by atoms with Crippen molar-refractivity contribution in [3.63, 3.8) is 0 Å². The van der Waals surface area contributed by atoms with Crippen molar-refractivity contribution < 1.29 is 4.39 Å². The van der Waals surface area contributed by atoms with Gasteiger partial charge in [-0.15, -0.1) is 0 Å². The molecule has 0 heterocycles. The molecular formula is C15H15BrClFN2. The number of nitrogens with two attached hydrogens (primary N) is 1. The normalized spacial score (nSPS) is 12.2. The van der Waals surface area contributed by atoms with Crippen LogP contribution in [0.3, 0.4) is 0 Å². The van der Waals surface area contributed by atoms with Crippen molar-refractivity contribution in [2.45, 2.75) is 13.0 Å². The first-order chi connectivity index (χ1) is 9.51. The Morgan fingerprint density at radius 1 is 1.30 bits per heavy atom. The lowest BCUT2D eigenvalue weighted by atomic mass is 10.1. The molecule has 0 aliphatic carbocycles. The second-order valence-electron chi connectivity index (χ2n) is 4.58. The van der Waals surface area contributed by atoms with Gasteiger partial charge in [-0.2, -0.15) is 0 Å². The number of anilines is 1. The number of hydrogen-bond donors (Lipinski definition) is 2.